The molecule has 0 saturated heterocycles. The van der Waals surface area contributed by atoms with Crippen molar-refractivity contribution in [2.45, 2.75) is 6.92 Å². The third-order valence-electron chi connectivity index (χ3n) is 3.11. The second-order valence-electron chi connectivity index (χ2n) is 4.94. The number of benzene rings is 1. The number of carbonyl (C=O) groups is 1. The highest BCUT2D eigenvalue weighted by atomic mass is 35.5. The zero-order chi connectivity index (χ0) is 17.1. The van der Waals surface area contributed by atoms with Gasteiger partial charge in [0, 0.05) is 17.0 Å². The molecule has 0 aliphatic carbocycles. The Morgan fingerprint density at radius 3 is 2.79 bits per heavy atom. The van der Waals surface area contributed by atoms with Crippen molar-refractivity contribution in [3.63, 3.8) is 0 Å². The maximum absolute atomic E-state index is 11.9. The molecule has 1 amide bonds. The second kappa shape index (κ2) is 7.21. The zero-order valence-corrected chi connectivity index (χ0v) is 14.9. The van der Waals surface area contributed by atoms with E-state index in [1.807, 2.05) is 24.4 Å². The van der Waals surface area contributed by atoms with Gasteiger partial charge in [0.15, 0.2) is 5.13 Å². The lowest BCUT2D eigenvalue weighted by Crippen LogP contribution is -2.07. The first-order valence-electron chi connectivity index (χ1n) is 6.98. The molecular formula is C17H12Cl2N2O2S. The molecule has 3 rings (SSSR count). The van der Waals surface area contributed by atoms with Gasteiger partial charge in [0.05, 0.1) is 15.7 Å². The number of rotatable bonds is 4. The fraction of sp³-hybridized carbons (Fsp3) is 0.0588. The summed E-state index contributed by atoms with van der Waals surface area (Å²) in [6.07, 6.45) is 3.01. The lowest BCUT2D eigenvalue weighted by Gasteiger charge is -1.99. The van der Waals surface area contributed by atoms with Crippen molar-refractivity contribution >= 4 is 51.7 Å². The minimum Gasteiger partial charge on any atom is -0.462 e. The number of nitrogens with zero attached hydrogens (tertiary/aromatic N) is 1. The predicted molar refractivity (Wildman–Crippen MR) is 98.7 cm³/mol. The van der Waals surface area contributed by atoms with Crippen LogP contribution in [0.2, 0.25) is 10.0 Å². The number of furan rings is 1. The van der Waals surface area contributed by atoms with Crippen molar-refractivity contribution in [3.05, 3.63) is 63.4 Å². The lowest BCUT2D eigenvalue weighted by atomic mass is 10.2. The van der Waals surface area contributed by atoms with E-state index in [-0.39, 0.29) is 5.91 Å². The Morgan fingerprint density at radius 1 is 1.25 bits per heavy atom. The summed E-state index contributed by atoms with van der Waals surface area (Å²) in [5.74, 6) is 1.14. The van der Waals surface area contributed by atoms with Gasteiger partial charge in [-0.15, -0.1) is 11.3 Å². The van der Waals surface area contributed by atoms with Crippen molar-refractivity contribution in [1.82, 2.24) is 4.98 Å². The van der Waals surface area contributed by atoms with E-state index in [1.54, 1.807) is 24.3 Å². The Balaban J connectivity index is 1.68. The van der Waals surface area contributed by atoms with Gasteiger partial charge in [-0.25, -0.2) is 4.98 Å². The molecule has 1 N–H and O–H groups in total. The number of halogens is 2. The molecule has 1 aromatic carbocycles. The fourth-order valence-electron chi connectivity index (χ4n) is 1.97. The van der Waals surface area contributed by atoms with Gasteiger partial charge < -0.3 is 4.42 Å². The van der Waals surface area contributed by atoms with E-state index in [0.717, 1.165) is 17.0 Å². The highest BCUT2D eigenvalue weighted by molar-refractivity contribution is 7.14. The fourth-order valence-corrected chi connectivity index (χ4v) is 2.99. The number of carbonyl (C=O) groups excluding carboxylic acids is 1. The molecule has 122 valence electrons. The molecule has 7 heteroatoms. The molecule has 4 nitrogen and oxygen atoms in total. The van der Waals surface area contributed by atoms with Crippen LogP contribution < -0.4 is 5.32 Å². The molecule has 0 unspecified atom stereocenters. The number of aryl methyl sites for hydroxylation is 1. The van der Waals surface area contributed by atoms with E-state index >= 15 is 0 Å². The van der Waals surface area contributed by atoms with Gasteiger partial charge >= 0.3 is 0 Å². The monoisotopic (exact) mass is 378 g/mol. The zero-order valence-electron chi connectivity index (χ0n) is 12.5. The maximum atomic E-state index is 11.9. The Labute approximate surface area is 152 Å². The minimum atomic E-state index is -0.279. The van der Waals surface area contributed by atoms with Crippen LogP contribution in [0.5, 0.6) is 0 Å². The third-order valence-corrected chi connectivity index (χ3v) is 4.61. The normalized spacial score (nSPS) is 11.1. The largest absolute Gasteiger partial charge is 0.462 e. The molecule has 0 aliphatic heterocycles. The number of aromatic nitrogens is 1. The Bertz CT molecular complexity index is 915. The molecule has 0 spiro atoms. The molecule has 0 fully saturated rings. The van der Waals surface area contributed by atoms with Crippen LogP contribution in [0.1, 0.15) is 11.5 Å². The first kappa shape index (κ1) is 16.8. The van der Waals surface area contributed by atoms with Crippen molar-refractivity contribution in [1.29, 1.82) is 0 Å². The minimum absolute atomic E-state index is 0.279. The van der Waals surface area contributed by atoms with Gasteiger partial charge in [-0.3, -0.25) is 10.1 Å². The van der Waals surface area contributed by atoms with Crippen LogP contribution >= 0.6 is 34.5 Å². The molecule has 0 saturated carbocycles. The van der Waals surface area contributed by atoms with Crippen LogP contribution in [0.25, 0.3) is 17.3 Å². The van der Waals surface area contributed by atoms with Crippen LogP contribution in [0, 0.1) is 6.92 Å². The quantitative estimate of drug-likeness (QED) is 0.594. The topological polar surface area (TPSA) is 55.1 Å². The average Bonchev–Trinajstić information content (AvgIpc) is 3.17. The Kier molecular flexibility index (Phi) is 5.04. The van der Waals surface area contributed by atoms with Gasteiger partial charge in [0.2, 0.25) is 5.91 Å². The molecule has 3 aromatic rings. The molecule has 0 radical (unpaired) electrons. The first-order chi connectivity index (χ1) is 11.5. The third kappa shape index (κ3) is 4.06. The van der Waals surface area contributed by atoms with Gasteiger partial charge in [0.1, 0.15) is 11.5 Å². The molecular weight excluding hydrogens is 367 g/mol. The van der Waals surface area contributed by atoms with Gasteiger partial charge in [-0.1, -0.05) is 29.3 Å². The lowest BCUT2D eigenvalue weighted by molar-refractivity contribution is -0.111. The average molecular weight is 379 g/mol. The van der Waals surface area contributed by atoms with Crippen molar-refractivity contribution in [2.75, 3.05) is 5.32 Å². The van der Waals surface area contributed by atoms with Gasteiger partial charge in [0.25, 0.3) is 0 Å². The number of thiazole rings is 1. The van der Waals surface area contributed by atoms with Crippen LogP contribution in [-0.4, -0.2) is 10.9 Å². The summed E-state index contributed by atoms with van der Waals surface area (Å²) in [5.41, 5.74) is 1.56. The van der Waals surface area contributed by atoms with Crippen molar-refractivity contribution in [3.8, 4) is 11.3 Å². The summed E-state index contributed by atoms with van der Waals surface area (Å²) in [7, 11) is 0. The van der Waals surface area contributed by atoms with E-state index < -0.39 is 0 Å². The molecule has 0 aliphatic rings. The maximum Gasteiger partial charge on any atom is 0.250 e. The first-order valence-corrected chi connectivity index (χ1v) is 8.61. The second-order valence-corrected chi connectivity index (χ2v) is 6.61. The molecule has 0 bridgehead atoms. The highest BCUT2D eigenvalue weighted by Gasteiger charge is 2.08. The summed E-state index contributed by atoms with van der Waals surface area (Å²) < 4.78 is 5.36. The standard InChI is InChI=1S/C17H12Cl2N2O2S/c1-10-2-4-12(23-10)5-7-16(22)21-17-20-15(9-24-17)11-3-6-13(18)14(19)8-11/h2-9H,1H3,(H,20,21,22)/b7-5+. The van der Waals surface area contributed by atoms with Crippen molar-refractivity contribution in [2.24, 2.45) is 0 Å². The molecule has 24 heavy (non-hydrogen) atoms. The van der Waals surface area contributed by atoms with E-state index in [1.165, 1.54) is 17.4 Å². The summed E-state index contributed by atoms with van der Waals surface area (Å²) in [6.45, 7) is 1.84. The molecule has 2 heterocycles. The Morgan fingerprint density at radius 2 is 2.08 bits per heavy atom. The van der Waals surface area contributed by atoms with Crippen LogP contribution in [-0.2, 0) is 4.79 Å². The summed E-state index contributed by atoms with van der Waals surface area (Å²) in [4.78, 5) is 16.3. The summed E-state index contributed by atoms with van der Waals surface area (Å²) >= 11 is 13.3. The van der Waals surface area contributed by atoms with Gasteiger partial charge in [-0.05, 0) is 37.3 Å². The smallest absolute Gasteiger partial charge is 0.250 e. The molecule has 0 atom stereocenters. The van der Waals surface area contributed by atoms with E-state index in [9.17, 15) is 4.79 Å². The van der Waals surface area contributed by atoms with E-state index in [0.29, 0.717) is 20.9 Å². The van der Waals surface area contributed by atoms with Crippen LogP contribution in [0.3, 0.4) is 0 Å². The van der Waals surface area contributed by atoms with Crippen molar-refractivity contribution < 1.29 is 9.21 Å². The number of nitrogens with one attached hydrogen (secondary N) is 1. The van der Waals surface area contributed by atoms with Gasteiger partial charge in [-0.2, -0.15) is 0 Å². The van der Waals surface area contributed by atoms with Crippen LogP contribution in [0.4, 0.5) is 5.13 Å². The Hall–Kier alpha value is -2.08. The number of hydrogen-bond donors (Lipinski definition) is 1. The number of amides is 1. The van der Waals surface area contributed by atoms with E-state index in [4.69, 9.17) is 27.6 Å². The van der Waals surface area contributed by atoms with E-state index in [2.05, 4.69) is 10.3 Å². The SMILES string of the molecule is Cc1ccc(/C=C/C(=O)Nc2nc(-c3ccc(Cl)c(Cl)c3)cs2)o1. The summed E-state index contributed by atoms with van der Waals surface area (Å²) in [6, 6.07) is 8.91. The van der Waals surface area contributed by atoms with Crippen LogP contribution in [0.15, 0.2) is 46.2 Å². The summed E-state index contributed by atoms with van der Waals surface area (Å²) in [5, 5.41) is 6.01. The number of hydrogen-bond acceptors (Lipinski definition) is 4. The predicted octanol–water partition coefficient (Wildman–Crippen LogP) is 5.67. The molecule has 2 aromatic heterocycles. The highest BCUT2D eigenvalue weighted by Crippen LogP contribution is 2.30. The number of anilines is 1.